The number of nitriles is 1. The highest BCUT2D eigenvalue weighted by atomic mass is 79.9. The number of carbonyl (C=O) groups is 3. The van der Waals surface area contributed by atoms with Crippen molar-refractivity contribution in [2.45, 2.75) is 19.3 Å². The van der Waals surface area contributed by atoms with E-state index in [1.54, 1.807) is 36.5 Å². The molecule has 0 bridgehead atoms. The summed E-state index contributed by atoms with van der Waals surface area (Å²) in [6, 6.07) is 12.5. The van der Waals surface area contributed by atoms with Gasteiger partial charge in [-0.1, -0.05) is 18.2 Å². The number of amides is 3. The zero-order chi connectivity index (χ0) is 19.6. The summed E-state index contributed by atoms with van der Waals surface area (Å²) in [4.78, 5) is 40.4. The number of nitrogens with one attached hydrogen (secondary N) is 3. The summed E-state index contributed by atoms with van der Waals surface area (Å²) in [6.45, 7) is 0.249. The number of halogens is 1. The molecule has 2 aromatic rings. The first-order valence-corrected chi connectivity index (χ1v) is 8.96. The van der Waals surface area contributed by atoms with E-state index in [-0.39, 0.29) is 37.4 Å². The molecular formula is C18H18BrN5O3. The maximum atomic E-state index is 12.5. The molecule has 8 nitrogen and oxygen atoms in total. The molecule has 3 amide bonds. The largest absolute Gasteiger partial charge is 0.356 e. The van der Waals surface area contributed by atoms with Gasteiger partial charge in [0.15, 0.2) is 0 Å². The molecule has 0 unspecified atom stereocenters. The van der Waals surface area contributed by atoms with Crippen molar-refractivity contribution in [1.29, 1.82) is 5.26 Å². The highest BCUT2D eigenvalue weighted by Gasteiger charge is 2.17. The molecule has 0 fully saturated rings. The van der Waals surface area contributed by atoms with Crippen molar-refractivity contribution in [3.63, 3.8) is 0 Å². The highest BCUT2D eigenvalue weighted by molar-refractivity contribution is 9.10. The normalized spacial score (nSPS) is 9.93. The van der Waals surface area contributed by atoms with Crippen molar-refractivity contribution in [3.05, 3.63) is 52.8 Å². The van der Waals surface area contributed by atoms with Gasteiger partial charge in [-0.2, -0.15) is 5.26 Å². The van der Waals surface area contributed by atoms with Gasteiger partial charge in [-0.25, -0.2) is 0 Å². The number of rotatable bonds is 7. The molecule has 0 saturated heterocycles. The topological polar surface area (TPSA) is 118 Å². The Hall–Kier alpha value is -3.12. The van der Waals surface area contributed by atoms with E-state index in [4.69, 9.17) is 5.26 Å². The summed E-state index contributed by atoms with van der Waals surface area (Å²) in [6.07, 6.45) is 1.64. The molecule has 1 aromatic heterocycles. The van der Waals surface area contributed by atoms with Crippen LogP contribution >= 0.6 is 15.9 Å². The molecule has 0 aliphatic heterocycles. The third-order valence-corrected chi connectivity index (χ3v) is 4.05. The van der Waals surface area contributed by atoms with Crippen molar-refractivity contribution >= 4 is 39.3 Å². The second-order valence-corrected chi connectivity index (χ2v) is 6.44. The average Bonchev–Trinajstić information content (AvgIpc) is 3.12. The molecular weight excluding hydrogens is 414 g/mol. The number of hydrogen-bond donors (Lipinski definition) is 3. The minimum absolute atomic E-state index is 0.0456. The van der Waals surface area contributed by atoms with Gasteiger partial charge in [-0.05, 0) is 34.1 Å². The number of hydrogen-bond acceptors (Lipinski definition) is 4. The van der Waals surface area contributed by atoms with Gasteiger partial charge in [0.05, 0.1) is 12.5 Å². The monoisotopic (exact) mass is 431 g/mol. The Morgan fingerprint density at radius 1 is 1.15 bits per heavy atom. The first-order chi connectivity index (χ1) is 13.0. The van der Waals surface area contributed by atoms with E-state index in [0.29, 0.717) is 10.2 Å². The number of para-hydroxylation sites is 1. The van der Waals surface area contributed by atoms with Crippen molar-refractivity contribution in [3.8, 4) is 6.07 Å². The maximum Gasteiger partial charge on any atom is 0.286 e. The number of hydrazine groups is 1. The van der Waals surface area contributed by atoms with Crippen LogP contribution in [-0.2, 0) is 9.59 Å². The lowest BCUT2D eigenvalue weighted by atomic mass is 10.2. The van der Waals surface area contributed by atoms with Crippen LogP contribution < -0.4 is 15.8 Å². The van der Waals surface area contributed by atoms with Crippen molar-refractivity contribution in [2.75, 3.05) is 11.4 Å². The van der Waals surface area contributed by atoms with Crippen LogP contribution in [0, 0.1) is 11.3 Å². The highest BCUT2D eigenvalue weighted by Crippen LogP contribution is 2.15. The smallest absolute Gasteiger partial charge is 0.286 e. The minimum Gasteiger partial charge on any atom is -0.356 e. The first kappa shape index (κ1) is 20.2. The zero-order valence-electron chi connectivity index (χ0n) is 14.4. The van der Waals surface area contributed by atoms with E-state index in [2.05, 4.69) is 31.8 Å². The molecule has 0 saturated carbocycles. The molecule has 27 heavy (non-hydrogen) atoms. The lowest BCUT2D eigenvalue weighted by Gasteiger charge is -2.21. The van der Waals surface area contributed by atoms with Gasteiger partial charge in [0.25, 0.3) is 5.91 Å². The summed E-state index contributed by atoms with van der Waals surface area (Å²) < 4.78 is 0.711. The fourth-order valence-electron chi connectivity index (χ4n) is 2.28. The molecule has 0 spiro atoms. The second kappa shape index (κ2) is 10.1. The lowest BCUT2D eigenvalue weighted by molar-refractivity contribution is -0.125. The van der Waals surface area contributed by atoms with E-state index in [9.17, 15) is 14.4 Å². The van der Waals surface area contributed by atoms with Crippen LogP contribution in [0.5, 0.6) is 0 Å². The molecule has 0 aliphatic carbocycles. The predicted octanol–water partition coefficient (Wildman–Crippen LogP) is 2.27. The maximum absolute atomic E-state index is 12.5. The Morgan fingerprint density at radius 3 is 2.52 bits per heavy atom. The lowest BCUT2D eigenvalue weighted by Crippen LogP contribution is -2.42. The van der Waals surface area contributed by atoms with E-state index >= 15 is 0 Å². The van der Waals surface area contributed by atoms with Crippen LogP contribution in [0.4, 0.5) is 5.69 Å². The molecule has 9 heteroatoms. The molecule has 3 N–H and O–H groups in total. The van der Waals surface area contributed by atoms with Gasteiger partial charge in [0.1, 0.15) is 5.69 Å². The van der Waals surface area contributed by atoms with E-state index in [1.807, 2.05) is 12.1 Å². The predicted molar refractivity (Wildman–Crippen MR) is 102 cm³/mol. The number of H-pyrrole nitrogens is 1. The molecule has 0 atom stereocenters. The van der Waals surface area contributed by atoms with Crippen molar-refractivity contribution < 1.29 is 14.4 Å². The summed E-state index contributed by atoms with van der Waals surface area (Å²) in [7, 11) is 0. The van der Waals surface area contributed by atoms with Crippen molar-refractivity contribution in [1.82, 2.24) is 15.8 Å². The van der Waals surface area contributed by atoms with Gasteiger partial charge in [0, 0.05) is 35.7 Å². The Morgan fingerprint density at radius 2 is 1.89 bits per heavy atom. The number of aromatic nitrogens is 1. The second-order valence-electron chi connectivity index (χ2n) is 5.52. The van der Waals surface area contributed by atoms with Crippen LogP contribution in [0.1, 0.15) is 29.8 Å². The minimum atomic E-state index is -0.500. The first-order valence-electron chi connectivity index (χ1n) is 8.16. The number of anilines is 1. The molecule has 1 heterocycles. The van der Waals surface area contributed by atoms with E-state index in [0.717, 1.165) is 0 Å². The zero-order valence-corrected chi connectivity index (χ0v) is 16.0. The van der Waals surface area contributed by atoms with Gasteiger partial charge in [-0.3, -0.25) is 25.2 Å². The summed E-state index contributed by atoms with van der Waals surface area (Å²) in [5.41, 5.74) is 5.50. The summed E-state index contributed by atoms with van der Waals surface area (Å²) in [5.74, 6) is -1.26. The Kier molecular flexibility index (Phi) is 7.58. The van der Waals surface area contributed by atoms with Crippen LogP contribution in [0.15, 0.2) is 47.1 Å². The standard InChI is InChI=1S/C18H18BrN5O3/c19-13-11-15(21-12-13)18(27)23-22-16(25)7-8-17(26)24(10-4-9-20)14-5-2-1-3-6-14/h1-3,5-6,11-12,21H,4,7-8,10H2,(H,22,25)(H,23,27). The Bertz CT molecular complexity index is 844. The third-order valence-electron chi connectivity index (χ3n) is 3.59. The Labute approximate surface area is 164 Å². The van der Waals surface area contributed by atoms with Gasteiger partial charge in [-0.15, -0.1) is 0 Å². The quantitative estimate of drug-likeness (QED) is 0.582. The Balaban J connectivity index is 1.84. The molecule has 0 radical (unpaired) electrons. The number of aromatic amines is 1. The van der Waals surface area contributed by atoms with Gasteiger partial charge in [0.2, 0.25) is 11.8 Å². The number of carbonyl (C=O) groups excluding carboxylic acids is 3. The fraction of sp³-hybridized carbons (Fsp3) is 0.222. The third kappa shape index (κ3) is 6.27. The molecule has 2 rings (SSSR count). The molecule has 0 aliphatic rings. The molecule has 1 aromatic carbocycles. The SMILES string of the molecule is N#CCCN(C(=O)CCC(=O)NNC(=O)c1cc(Br)c[nH]1)c1ccccc1. The number of benzene rings is 1. The summed E-state index contributed by atoms with van der Waals surface area (Å²) >= 11 is 3.21. The van der Waals surface area contributed by atoms with Crippen LogP contribution in [0.2, 0.25) is 0 Å². The van der Waals surface area contributed by atoms with Crippen LogP contribution in [0.25, 0.3) is 0 Å². The number of nitrogens with zero attached hydrogens (tertiary/aromatic N) is 2. The molecule has 140 valence electrons. The van der Waals surface area contributed by atoms with E-state index < -0.39 is 11.8 Å². The van der Waals surface area contributed by atoms with Gasteiger partial charge < -0.3 is 9.88 Å². The van der Waals surface area contributed by atoms with Gasteiger partial charge >= 0.3 is 0 Å². The fourth-order valence-corrected chi connectivity index (χ4v) is 2.62. The van der Waals surface area contributed by atoms with Crippen LogP contribution in [-0.4, -0.2) is 29.3 Å². The average molecular weight is 432 g/mol. The summed E-state index contributed by atoms with van der Waals surface area (Å²) in [5, 5.41) is 8.78. The van der Waals surface area contributed by atoms with E-state index in [1.165, 1.54) is 4.90 Å². The van der Waals surface area contributed by atoms with Crippen LogP contribution in [0.3, 0.4) is 0 Å². The van der Waals surface area contributed by atoms with Crippen molar-refractivity contribution in [2.24, 2.45) is 0 Å².